The van der Waals surface area contributed by atoms with Crippen molar-refractivity contribution in [3.8, 4) is 0 Å². The predicted octanol–water partition coefficient (Wildman–Crippen LogP) is 1.04. The van der Waals surface area contributed by atoms with Crippen LogP contribution in [0.5, 0.6) is 0 Å². The van der Waals surface area contributed by atoms with Crippen molar-refractivity contribution in [1.82, 2.24) is 0 Å². The van der Waals surface area contributed by atoms with Crippen LogP contribution < -0.4 is 0 Å². The van der Waals surface area contributed by atoms with Gasteiger partial charge in [0.1, 0.15) is 0 Å². The minimum atomic E-state index is 1.05. The topological polar surface area (TPSA) is 21.6 Å². The van der Waals surface area contributed by atoms with Gasteiger partial charge in [-0.1, -0.05) is 5.16 Å². The van der Waals surface area contributed by atoms with Gasteiger partial charge >= 0.3 is 0 Å². The van der Waals surface area contributed by atoms with E-state index >= 15 is 0 Å². The molecule has 0 atom stereocenters. The van der Waals surface area contributed by atoms with Crippen molar-refractivity contribution < 1.29 is 4.28 Å². The average molecular weight is 103 g/mol. The number of oxime groups is 1. The van der Waals surface area contributed by atoms with Crippen molar-refractivity contribution in [1.29, 1.82) is 0 Å². The summed E-state index contributed by atoms with van der Waals surface area (Å²) in [6.07, 6.45) is 2.82. The largest absolute Gasteiger partial charge is 0.323 e. The molecular weight excluding hydrogens is 98.1 g/mol. The van der Waals surface area contributed by atoms with Crippen LogP contribution in [-0.4, -0.2) is 12.0 Å². The Hall–Kier alpha value is -0.180. The molecule has 34 valence electrons. The van der Waals surface area contributed by atoms with Gasteiger partial charge in [-0.05, 0) is 6.42 Å². The Morgan fingerprint density at radius 2 is 2.83 bits per heavy atom. The van der Waals surface area contributed by atoms with Crippen LogP contribution in [0.15, 0.2) is 5.16 Å². The van der Waals surface area contributed by atoms with Gasteiger partial charge in [0, 0.05) is 12.0 Å². The van der Waals surface area contributed by atoms with Gasteiger partial charge < -0.3 is 4.28 Å². The third-order valence-electron chi connectivity index (χ3n) is 0.501. The van der Waals surface area contributed by atoms with Crippen molar-refractivity contribution >= 4 is 18.3 Å². The Labute approximate surface area is 40.8 Å². The monoisotopic (exact) mass is 103 g/mol. The molecule has 1 rings (SSSR count). The minimum Gasteiger partial charge on any atom is -0.323 e. The van der Waals surface area contributed by atoms with Crippen LogP contribution in [0.3, 0.4) is 0 Å². The Kier molecular flexibility index (Phi) is 1.38. The molecule has 1 aliphatic rings. The first-order valence-corrected chi connectivity index (χ1v) is 2.72. The van der Waals surface area contributed by atoms with Crippen LogP contribution in [0.25, 0.3) is 0 Å². The highest BCUT2D eigenvalue weighted by molar-refractivity contribution is 7.94. The zero-order valence-electron chi connectivity index (χ0n) is 3.26. The van der Waals surface area contributed by atoms with Gasteiger partial charge in [-0.2, -0.15) is 0 Å². The van der Waals surface area contributed by atoms with Gasteiger partial charge in [-0.3, -0.25) is 0 Å². The van der Waals surface area contributed by atoms with Crippen molar-refractivity contribution in [2.75, 3.05) is 5.75 Å². The molecule has 0 fully saturated rings. The van der Waals surface area contributed by atoms with E-state index in [0.29, 0.717) is 0 Å². The lowest BCUT2D eigenvalue weighted by Crippen LogP contribution is -1.86. The van der Waals surface area contributed by atoms with Crippen LogP contribution in [0, 0.1) is 0 Å². The molecule has 0 aromatic rings. The first kappa shape index (κ1) is 3.99. The van der Waals surface area contributed by atoms with Crippen LogP contribution in [-0.2, 0) is 4.28 Å². The molecule has 2 nitrogen and oxygen atoms in total. The van der Waals surface area contributed by atoms with E-state index in [9.17, 15) is 0 Å². The Morgan fingerprint density at radius 3 is 3.00 bits per heavy atom. The molecule has 0 saturated heterocycles. The molecule has 3 heteroatoms. The average Bonchev–Trinajstić information content (AvgIpc) is 1.72. The molecule has 0 spiro atoms. The lowest BCUT2D eigenvalue weighted by atomic mass is 10.5. The van der Waals surface area contributed by atoms with Crippen LogP contribution in [0.2, 0.25) is 0 Å². The first-order valence-electron chi connectivity index (χ1n) is 1.80. The lowest BCUT2D eigenvalue weighted by Gasteiger charge is -1.97. The summed E-state index contributed by atoms with van der Waals surface area (Å²) in [6, 6.07) is 0. The normalized spacial score (nSPS) is 20.0. The number of nitrogens with zero attached hydrogens (tertiary/aromatic N) is 1. The summed E-state index contributed by atoms with van der Waals surface area (Å²) < 4.78 is 4.56. The fourth-order valence-corrected chi connectivity index (χ4v) is 0.650. The Balaban J connectivity index is 2.26. The molecule has 0 aromatic carbocycles. The van der Waals surface area contributed by atoms with Crippen molar-refractivity contribution in [3.05, 3.63) is 0 Å². The van der Waals surface area contributed by atoms with Crippen molar-refractivity contribution in [2.24, 2.45) is 5.16 Å². The Bertz CT molecular complexity index is 55.8. The highest BCUT2D eigenvalue weighted by atomic mass is 32.2. The summed E-state index contributed by atoms with van der Waals surface area (Å²) in [4.78, 5) is 0. The van der Waals surface area contributed by atoms with Crippen LogP contribution in [0.1, 0.15) is 6.42 Å². The summed E-state index contributed by atoms with van der Waals surface area (Å²) >= 11 is 1.40. The van der Waals surface area contributed by atoms with Crippen LogP contribution in [0.4, 0.5) is 0 Å². The maximum atomic E-state index is 4.56. The molecule has 0 aromatic heterocycles. The SMILES string of the molecule is C1=NOSCC1. The molecule has 1 aliphatic heterocycles. The predicted molar refractivity (Wildman–Crippen MR) is 26.7 cm³/mol. The van der Waals surface area contributed by atoms with Crippen LogP contribution >= 0.6 is 12.0 Å². The van der Waals surface area contributed by atoms with E-state index in [4.69, 9.17) is 0 Å². The van der Waals surface area contributed by atoms with E-state index in [1.807, 2.05) is 0 Å². The standard InChI is InChI=1S/C3H5NOS/c1-2-4-5-6-3-1/h2H,1,3H2. The zero-order valence-corrected chi connectivity index (χ0v) is 4.07. The summed E-state index contributed by atoms with van der Waals surface area (Å²) in [6.45, 7) is 0. The summed E-state index contributed by atoms with van der Waals surface area (Å²) in [5, 5.41) is 3.52. The van der Waals surface area contributed by atoms with Gasteiger partial charge in [0.25, 0.3) is 0 Å². The molecule has 0 amide bonds. The third kappa shape index (κ3) is 0.897. The molecule has 1 heterocycles. The molecule has 0 saturated carbocycles. The second kappa shape index (κ2) is 2.08. The molecule has 6 heavy (non-hydrogen) atoms. The second-order valence-corrected chi connectivity index (χ2v) is 1.77. The van der Waals surface area contributed by atoms with Gasteiger partial charge in [-0.25, -0.2) is 0 Å². The summed E-state index contributed by atoms with van der Waals surface area (Å²) in [7, 11) is 0. The smallest absolute Gasteiger partial charge is 0.0880 e. The quantitative estimate of drug-likeness (QED) is 0.427. The zero-order chi connectivity index (χ0) is 4.24. The van der Waals surface area contributed by atoms with E-state index in [0.717, 1.165) is 12.2 Å². The molecule has 0 unspecified atom stereocenters. The van der Waals surface area contributed by atoms with E-state index in [1.54, 1.807) is 6.21 Å². The molecule has 0 N–H and O–H groups in total. The minimum absolute atomic E-state index is 1.05. The number of hydrogen-bond acceptors (Lipinski definition) is 3. The molecule has 0 radical (unpaired) electrons. The van der Waals surface area contributed by atoms with Gasteiger partial charge in [0.15, 0.2) is 0 Å². The maximum Gasteiger partial charge on any atom is 0.0880 e. The third-order valence-corrected chi connectivity index (χ3v) is 1.09. The van der Waals surface area contributed by atoms with E-state index < -0.39 is 0 Å². The highest BCUT2D eigenvalue weighted by Crippen LogP contribution is 2.07. The fraction of sp³-hybridized carbons (Fsp3) is 0.667. The van der Waals surface area contributed by atoms with Gasteiger partial charge in [-0.15, -0.1) is 0 Å². The number of rotatable bonds is 0. The number of hydrogen-bond donors (Lipinski definition) is 0. The van der Waals surface area contributed by atoms with E-state index in [1.165, 1.54) is 12.0 Å². The van der Waals surface area contributed by atoms with E-state index in [-0.39, 0.29) is 0 Å². The lowest BCUT2D eigenvalue weighted by molar-refractivity contribution is 0.402. The molecule has 0 aliphatic carbocycles. The molecule has 0 bridgehead atoms. The fourth-order valence-electron chi connectivity index (χ4n) is 0.252. The second-order valence-electron chi connectivity index (χ2n) is 0.973. The van der Waals surface area contributed by atoms with E-state index in [2.05, 4.69) is 9.44 Å². The first-order chi connectivity index (χ1) is 3.00. The summed E-state index contributed by atoms with van der Waals surface area (Å²) in [5.74, 6) is 1.05. The highest BCUT2D eigenvalue weighted by Gasteiger charge is 1.90. The Morgan fingerprint density at radius 1 is 1.83 bits per heavy atom. The summed E-state index contributed by atoms with van der Waals surface area (Å²) in [5.41, 5.74) is 0. The van der Waals surface area contributed by atoms with Gasteiger partial charge in [0.2, 0.25) is 0 Å². The van der Waals surface area contributed by atoms with Gasteiger partial charge in [0.05, 0.1) is 12.0 Å². The maximum absolute atomic E-state index is 4.56. The van der Waals surface area contributed by atoms with Crippen molar-refractivity contribution in [3.63, 3.8) is 0 Å². The molecular formula is C3H5NOS. The van der Waals surface area contributed by atoms with Crippen molar-refractivity contribution in [2.45, 2.75) is 6.42 Å².